The number of ether oxygens (including phenoxy) is 2. The summed E-state index contributed by atoms with van der Waals surface area (Å²) in [7, 11) is 0. The van der Waals surface area contributed by atoms with Gasteiger partial charge in [0.05, 0.1) is 6.61 Å². The summed E-state index contributed by atoms with van der Waals surface area (Å²) in [6.45, 7) is 7.63. The molecule has 0 bridgehead atoms. The monoisotopic (exact) mass is 426 g/mol. The van der Waals surface area contributed by atoms with E-state index in [1.54, 1.807) is 24.3 Å². The van der Waals surface area contributed by atoms with Crippen molar-refractivity contribution in [2.24, 2.45) is 0 Å². The minimum absolute atomic E-state index is 0.339. The minimum atomic E-state index is -0.997. The quantitative estimate of drug-likeness (QED) is 0.445. The largest absolute Gasteiger partial charge is 0.494 e. The van der Waals surface area contributed by atoms with Gasteiger partial charge >= 0.3 is 5.97 Å². The molecule has 2 amide bonds. The van der Waals surface area contributed by atoms with Gasteiger partial charge in [-0.05, 0) is 62.6 Å². The molecule has 2 aromatic carbocycles. The molecule has 0 aromatic heterocycles. The van der Waals surface area contributed by atoms with Gasteiger partial charge in [0.15, 0.2) is 6.10 Å². The van der Waals surface area contributed by atoms with Gasteiger partial charge in [0.25, 0.3) is 11.8 Å². The second-order valence-corrected chi connectivity index (χ2v) is 7.30. The highest BCUT2D eigenvalue weighted by molar-refractivity contribution is 5.98. The SMILES string of the molecule is CCCCOc1ccc(C(=O)NCC(=O)O[C@H](C)C(=O)Nc2c(C)cccc2C)cc1. The standard InChI is InChI=1S/C24H30N2O5/c1-5-6-14-30-20-12-10-19(11-13-20)24(29)25-15-21(27)31-18(4)23(28)26-22-16(2)8-7-9-17(22)3/h7-13,18H,5-6,14-15H2,1-4H3,(H,25,29)(H,26,28)/t18-/m1/s1. The van der Waals surface area contributed by atoms with Crippen LogP contribution in [0, 0.1) is 13.8 Å². The molecule has 7 heteroatoms. The van der Waals surface area contributed by atoms with Crippen LogP contribution in [0.3, 0.4) is 0 Å². The fraction of sp³-hybridized carbons (Fsp3) is 0.375. The van der Waals surface area contributed by atoms with Crippen LogP contribution in [-0.4, -0.2) is 37.0 Å². The van der Waals surface area contributed by atoms with Crippen LogP contribution in [0.15, 0.2) is 42.5 Å². The zero-order valence-electron chi connectivity index (χ0n) is 18.5. The van der Waals surface area contributed by atoms with Crippen LogP contribution >= 0.6 is 0 Å². The maximum absolute atomic E-state index is 12.4. The molecule has 0 radical (unpaired) electrons. The molecule has 2 rings (SSSR count). The van der Waals surface area contributed by atoms with Gasteiger partial charge in [0.1, 0.15) is 12.3 Å². The molecule has 0 saturated carbocycles. The molecule has 166 valence electrons. The van der Waals surface area contributed by atoms with Crippen LogP contribution in [-0.2, 0) is 14.3 Å². The van der Waals surface area contributed by atoms with Crippen molar-refractivity contribution in [2.75, 3.05) is 18.5 Å². The number of hydrogen-bond donors (Lipinski definition) is 2. The molecule has 0 heterocycles. The van der Waals surface area contributed by atoms with E-state index in [9.17, 15) is 14.4 Å². The van der Waals surface area contributed by atoms with Crippen LogP contribution in [0.5, 0.6) is 5.75 Å². The third-order valence-electron chi connectivity index (χ3n) is 4.68. The number of para-hydroxylation sites is 1. The molecule has 0 aliphatic carbocycles. The van der Waals surface area contributed by atoms with Crippen molar-refractivity contribution in [2.45, 2.75) is 46.6 Å². The topological polar surface area (TPSA) is 93.7 Å². The van der Waals surface area contributed by atoms with Crippen LogP contribution in [0.2, 0.25) is 0 Å². The van der Waals surface area contributed by atoms with E-state index in [1.165, 1.54) is 6.92 Å². The second-order valence-electron chi connectivity index (χ2n) is 7.30. The molecule has 1 atom stereocenters. The third kappa shape index (κ3) is 7.44. The number of benzene rings is 2. The Bertz CT molecular complexity index is 888. The molecule has 0 saturated heterocycles. The zero-order valence-corrected chi connectivity index (χ0v) is 18.5. The van der Waals surface area contributed by atoms with Gasteiger partial charge in [0, 0.05) is 11.3 Å². The molecule has 0 unspecified atom stereocenters. The summed E-state index contributed by atoms with van der Waals surface area (Å²) in [4.78, 5) is 36.6. The Morgan fingerprint density at radius 1 is 1.00 bits per heavy atom. The summed E-state index contributed by atoms with van der Waals surface area (Å²) >= 11 is 0. The van der Waals surface area contributed by atoms with Crippen LogP contribution in [0.1, 0.15) is 48.2 Å². The van der Waals surface area contributed by atoms with Gasteiger partial charge in [-0.15, -0.1) is 0 Å². The second kappa shape index (κ2) is 11.7. The minimum Gasteiger partial charge on any atom is -0.494 e. The average molecular weight is 427 g/mol. The number of carbonyl (C=O) groups excluding carboxylic acids is 3. The highest BCUT2D eigenvalue weighted by atomic mass is 16.5. The van der Waals surface area contributed by atoms with E-state index in [2.05, 4.69) is 17.6 Å². The number of hydrogen-bond acceptors (Lipinski definition) is 5. The van der Waals surface area contributed by atoms with E-state index < -0.39 is 23.9 Å². The highest BCUT2D eigenvalue weighted by Gasteiger charge is 2.19. The maximum atomic E-state index is 12.4. The number of rotatable bonds is 10. The lowest BCUT2D eigenvalue weighted by Gasteiger charge is -2.16. The first kappa shape index (κ1) is 23.9. The molecular formula is C24H30N2O5. The van der Waals surface area contributed by atoms with Gasteiger partial charge in [-0.25, -0.2) is 0 Å². The van der Waals surface area contributed by atoms with E-state index in [1.807, 2.05) is 32.0 Å². The summed E-state index contributed by atoms with van der Waals surface area (Å²) in [5.41, 5.74) is 2.93. The van der Waals surface area contributed by atoms with Crippen molar-refractivity contribution in [3.8, 4) is 5.75 Å². The van der Waals surface area contributed by atoms with Crippen LogP contribution in [0.25, 0.3) is 0 Å². The Labute approximate surface area is 183 Å². The molecule has 0 fully saturated rings. The molecule has 0 aliphatic rings. The molecule has 7 nitrogen and oxygen atoms in total. The third-order valence-corrected chi connectivity index (χ3v) is 4.68. The van der Waals surface area contributed by atoms with E-state index >= 15 is 0 Å². The van der Waals surface area contributed by atoms with Gasteiger partial charge in [-0.3, -0.25) is 14.4 Å². The summed E-state index contributed by atoms with van der Waals surface area (Å²) in [6.07, 6.45) is 1.01. The van der Waals surface area contributed by atoms with Crippen molar-refractivity contribution in [3.05, 3.63) is 59.2 Å². The van der Waals surface area contributed by atoms with Crippen molar-refractivity contribution in [3.63, 3.8) is 0 Å². The predicted octanol–water partition coefficient (Wildman–Crippen LogP) is 3.78. The normalized spacial score (nSPS) is 11.4. The van der Waals surface area contributed by atoms with E-state index in [0.29, 0.717) is 23.6 Å². The molecular weight excluding hydrogens is 396 g/mol. The summed E-state index contributed by atoms with van der Waals surface area (Å²) < 4.78 is 10.7. The van der Waals surface area contributed by atoms with Gasteiger partial charge in [-0.2, -0.15) is 0 Å². The number of nitrogens with one attached hydrogen (secondary N) is 2. The molecule has 31 heavy (non-hydrogen) atoms. The summed E-state index contributed by atoms with van der Waals surface area (Å²) in [5.74, 6) is -0.856. The first-order valence-corrected chi connectivity index (χ1v) is 10.4. The highest BCUT2D eigenvalue weighted by Crippen LogP contribution is 2.19. The molecule has 2 aromatic rings. The van der Waals surface area contributed by atoms with Crippen molar-refractivity contribution in [1.29, 1.82) is 0 Å². The Balaban J connectivity index is 1.80. The Morgan fingerprint density at radius 2 is 1.65 bits per heavy atom. The average Bonchev–Trinajstić information content (AvgIpc) is 2.75. The smallest absolute Gasteiger partial charge is 0.326 e. The first-order chi connectivity index (χ1) is 14.8. The number of carbonyl (C=O) groups is 3. The van der Waals surface area contributed by atoms with Crippen molar-refractivity contribution >= 4 is 23.5 Å². The van der Waals surface area contributed by atoms with E-state index in [4.69, 9.17) is 9.47 Å². The lowest BCUT2D eigenvalue weighted by atomic mass is 10.1. The lowest BCUT2D eigenvalue weighted by molar-refractivity contribution is -0.152. The predicted molar refractivity (Wildman–Crippen MR) is 119 cm³/mol. The molecule has 2 N–H and O–H groups in total. The Kier molecular flexibility index (Phi) is 9.06. The zero-order chi connectivity index (χ0) is 22.8. The Morgan fingerprint density at radius 3 is 2.26 bits per heavy atom. The Hall–Kier alpha value is -3.35. The van der Waals surface area contributed by atoms with Crippen molar-refractivity contribution < 1.29 is 23.9 Å². The fourth-order valence-electron chi connectivity index (χ4n) is 2.82. The first-order valence-electron chi connectivity index (χ1n) is 10.4. The van der Waals surface area contributed by atoms with Crippen molar-refractivity contribution in [1.82, 2.24) is 5.32 Å². The lowest BCUT2D eigenvalue weighted by Crippen LogP contribution is -2.36. The summed E-state index contributed by atoms with van der Waals surface area (Å²) in [5, 5.41) is 5.28. The fourth-order valence-corrected chi connectivity index (χ4v) is 2.82. The van der Waals surface area contributed by atoms with Gasteiger partial charge < -0.3 is 20.1 Å². The van der Waals surface area contributed by atoms with Crippen LogP contribution < -0.4 is 15.4 Å². The number of anilines is 1. The van der Waals surface area contributed by atoms with Crippen LogP contribution in [0.4, 0.5) is 5.69 Å². The maximum Gasteiger partial charge on any atom is 0.326 e. The number of esters is 1. The van der Waals surface area contributed by atoms with Gasteiger partial charge in [-0.1, -0.05) is 31.5 Å². The van der Waals surface area contributed by atoms with Gasteiger partial charge in [0.2, 0.25) is 0 Å². The molecule has 0 spiro atoms. The number of unbranched alkanes of at least 4 members (excludes halogenated alkanes) is 1. The van der Waals surface area contributed by atoms with E-state index in [0.717, 1.165) is 24.0 Å². The molecule has 0 aliphatic heterocycles. The van der Waals surface area contributed by atoms with E-state index in [-0.39, 0.29) is 6.54 Å². The number of aryl methyl sites for hydroxylation is 2. The summed E-state index contributed by atoms with van der Waals surface area (Å²) in [6, 6.07) is 12.4. The number of amides is 2.